The van der Waals surface area contributed by atoms with Crippen molar-refractivity contribution in [1.29, 1.82) is 0 Å². The highest BCUT2D eigenvalue weighted by molar-refractivity contribution is 6.32. The number of benzene rings is 1. The minimum absolute atomic E-state index is 0.309. The molecular formula is C10H11ClFN. The Labute approximate surface area is 82.2 Å². The van der Waals surface area contributed by atoms with E-state index in [4.69, 9.17) is 11.6 Å². The van der Waals surface area contributed by atoms with Crippen molar-refractivity contribution in [3.05, 3.63) is 40.7 Å². The van der Waals surface area contributed by atoms with Crippen molar-refractivity contribution < 1.29 is 4.39 Å². The first kappa shape index (κ1) is 10.2. The van der Waals surface area contributed by atoms with E-state index in [1.165, 1.54) is 12.1 Å². The molecule has 0 aliphatic heterocycles. The Morgan fingerprint density at radius 2 is 2.31 bits per heavy atom. The molecule has 0 saturated carbocycles. The SMILES string of the molecule is CNC/C=C/c1ccc(F)cc1Cl. The zero-order chi connectivity index (χ0) is 9.68. The van der Waals surface area contributed by atoms with Crippen LogP contribution in [0.2, 0.25) is 5.02 Å². The Balaban J connectivity index is 2.77. The summed E-state index contributed by atoms with van der Waals surface area (Å²) in [5, 5.41) is 3.40. The molecule has 0 unspecified atom stereocenters. The van der Waals surface area contributed by atoms with Crippen molar-refractivity contribution in [2.45, 2.75) is 0 Å². The number of hydrogen-bond donors (Lipinski definition) is 1. The Kier molecular flexibility index (Phi) is 3.93. The number of rotatable bonds is 3. The summed E-state index contributed by atoms with van der Waals surface area (Å²) >= 11 is 5.80. The molecule has 1 aromatic carbocycles. The van der Waals surface area contributed by atoms with E-state index in [1.807, 2.05) is 19.2 Å². The summed E-state index contributed by atoms with van der Waals surface area (Å²) in [6, 6.07) is 4.36. The lowest BCUT2D eigenvalue weighted by atomic mass is 10.2. The molecule has 0 saturated heterocycles. The molecule has 0 atom stereocenters. The second-order valence-electron chi connectivity index (χ2n) is 2.63. The topological polar surface area (TPSA) is 12.0 Å². The fourth-order valence-electron chi connectivity index (χ4n) is 0.940. The number of hydrogen-bond acceptors (Lipinski definition) is 1. The first-order valence-electron chi connectivity index (χ1n) is 4.00. The van der Waals surface area contributed by atoms with E-state index in [0.29, 0.717) is 5.02 Å². The van der Waals surface area contributed by atoms with Crippen LogP contribution >= 0.6 is 11.6 Å². The van der Waals surface area contributed by atoms with Gasteiger partial charge in [-0.2, -0.15) is 0 Å². The average molecular weight is 200 g/mol. The molecule has 1 rings (SSSR count). The Morgan fingerprint density at radius 3 is 2.92 bits per heavy atom. The van der Waals surface area contributed by atoms with Crippen LogP contribution in [0.3, 0.4) is 0 Å². The maximum Gasteiger partial charge on any atom is 0.124 e. The summed E-state index contributed by atoms with van der Waals surface area (Å²) in [6.07, 6.45) is 3.79. The van der Waals surface area contributed by atoms with Crippen molar-refractivity contribution in [1.82, 2.24) is 5.32 Å². The molecule has 70 valence electrons. The molecule has 1 N–H and O–H groups in total. The first-order chi connectivity index (χ1) is 6.24. The fraction of sp³-hybridized carbons (Fsp3) is 0.200. The van der Waals surface area contributed by atoms with Gasteiger partial charge in [0.2, 0.25) is 0 Å². The molecule has 0 aliphatic rings. The van der Waals surface area contributed by atoms with Crippen LogP contribution in [0.1, 0.15) is 5.56 Å². The summed E-state index contributed by atoms with van der Waals surface area (Å²) in [5.74, 6) is -0.309. The normalized spacial score (nSPS) is 11.0. The lowest BCUT2D eigenvalue weighted by Crippen LogP contribution is -2.03. The van der Waals surface area contributed by atoms with Crippen LogP contribution in [-0.2, 0) is 0 Å². The minimum Gasteiger partial charge on any atom is -0.316 e. The van der Waals surface area contributed by atoms with Crippen molar-refractivity contribution in [3.63, 3.8) is 0 Å². The first-order valence-corrected chi connectivity index (χ1v) is 4.38. The standard InChI is InChI=1S/C10H11ClFN/c1-13-6-2-3-8-4-5-9(12)7-10(8)11/h2-5,7,13H,6H2,1H3/b3-2+. The molecule has 13 heavy (non-hydrogen) atoms. The van der Waals surface area contributed by atoms with Gasteiger partial charge in [0.05, 0.1) is 5.02 Å². The molecule has 0 fully saturated rings. The van der Waals surface area contributed by atoms with Gasteiger partial charge in [-0.1, -0.05) is 29.8 Å². The highest BCUT2D eigenvalue weighted by Gasteiger charge is 1.97. The second kappa shape index (κ2) is 5.00. The molecule has 3 heteroatoms. The summed E-state index contributed by atoms with van der Waals surface area (Å²) in [5.41, 5.74) is 0.832. The largest absolute Gasteiger partial charge is 0.316 e. The smallest absolute Gasteiger partial charge is 0.124 e. The van der Waals surface area contributed by atoms with Gasteiger partial charge >= 0.3 is 0 Å². The van der Waals surface area contributed by atoms with Gasteiger partial charge in [0.1, 0.15) is 5.82 Å². The fourth-order valence-corrected chi connectivity index (χ4v) is 1.17. The van der Waals surface area contributed by atoms with Gasteiger partial charge in [-0.05, 0) is 24.7 Å². The second-order valence-corrected chi connectivity index (χ2v) is 3.03. The van der Waals surface area contributed by atoms with Gasteiger partial charge < -0.3 is 5.32 Å². The number of halogens is 2. The van der Waals surface area contributed by atoms with Crippen molar-refractivity contribution in [2.24, 2.45) is 0 Å². The third kappa shape index (κ3) is 3.17. The van der Waals surface area contributed by atoms with Gasteiger partial charge in [-0.15, -0.1) is 0 Å². The predicted molar refractivity (Wildman–Crippen MR) is 54.4 cm³/mol. The molecular weight excluding hydrogens is 189 g/mol. The van der Waals surface area contributed by atoms with E-state index in [-0.39, 0.29) is 5.82 Å². The van der Waals surface area contributed by atoms with E-state index in [1.54, 1.807) is 6.07 Å². The zero-order valence-corrected chi connectivity index (χ0v) is 8.11. The number of likely N-dealkylation sites (N-methyl/N-ethyl adjacent to an activating group) is 1. The van der Waals surface area contributed by atoms with Gasteiger partial charge in [-0.3, -0.25) is 0 Å². The van der Waals surface area contributed by atoms with Gasteiger partial charge in [0.15, 0.2) is 0 Å². The quantitative estimate of drug-likeness (QED) is 0.790. The molecule has 0 aromatic heterocycles. The average Bonchev–Trinajstić information content (AvgIpc) is 2.09. The van der Waals surface area contributed by atoms with Crippen LogP contribution in [0.15, 0.2) is 24.3 Å². The van der Waals surface area contributed by atoms with Crippen molar-refractivity contribution in [2.75, 3.05) is 13.6 Å². The number of nitrogens with one attached hydrogen (secondary N) is 1. The maximum atomic E-state index is 12.6. The summed E-state index contributed by atoms with van der Waals surface area (Å²) in [6.45, 7) is 0.772. The van der Waals surface area contributed by atoms with Gasteiger partial charge in [0.25, 0.3) is 0 Å². The van der Waals surface area contributed by atoms with Crippen LogP contribution in [0.4, 0.5) is 4.39 Å². The molecule has 0 heterocycles. The van der Waals surface area contributed by atoms with Crippen LogP contribution in [0.25, 0.3) is 6.08 Å². The molecule has 0 radical (unpaired) electrons. The Morgan fingerprint density at radius 1 is 1.54 bits per heavy atom. The monoisotopic (exact) mass is 199 g/mol. The summed E-state index contributed by atoms with van der Waals surface area (Å²) < 4.78 is 12.6. The lowest BCUT2D eigenvalue weighted by molar-refractivity contribution is 0.628. The van der Waals surface area contributed by atoms with Crippen LogP contribution < -0.4 is 5.32 Å². The van der Waals surface area contributed by atoms with Crippen LogP contribution in [0, 0.1) is 5.82 Å². The zero-order valence-electron chi connectivity index (χ0n) is 7.35. The lowest BCUT2D eigenvalue weighted by Gasteiger charge is -1.97. The van der Waals surface area contributed by atoms with Crippen LogP contribution in [0.5, 0.6) is 0 Å². The third-order valence-corrected chi connectivity index (χ3v) is 1.91. The van der Waals surface area contributed by atoms with Crippen LogP contribution in [-0.4, -0.2) is 13.6 Å². The molecule has 1 aromatic rings. The van der Waals surface area contributed by atoms with Crippen molar-refractivity contribution in [3.8, 4) is 0 Å². The van der Waals surface area contributed by atoms with E-state index in [0.717, 1.165) is 12.1 Å². The van der Waals surface area contributed by atoms with E-state index < -0.39 is 0 Å². The minimum atomic E-state index is -0.309. The predicted octanol–water partition coefficient (Wildman–Crippen LogP) is 2.71. The summed E-state index contributed by atoms with van der Waals surface area (Å²) in [7, 11) is 1.86. The highest BCUT2D eigenvalue weighted by Crippen LogP contribution is 2.18. The van der Waals surface area contributed by atoms with Gasteiger partial charge in [-0.25, -0.2) is 4.39 Å². The van der Waals surface area contributed by atoms with Gasteiger partial charge in [0, 0.05) is 6.54 Å². The molecule has 0 aliphatic carbocycles. The molecule has 0 bridgehead atoms. The van der Waals surface area contributed by atoms with E-state index in [9.17, 15) is 4.39 Å². The molecule has 0 amide bonds. The van der Waals surface area contributed by atoms with E-state index >= 15 is 0 Å². The third-order valence-electron chi connectivity index (χ3n) is 1.58. The summed E-state index contributed by atoms with van der Waals surface area (Å²) in [4.78, 5) is 0. The maximum absolute atomic E-state index is 12.6. The Hall–Kier alpha value is -0.860. The molecule has 1 nitrogen and oxygen atoms in total. The highest BCUT2D eigenvalue weighted by atomic mass is 35.5. The molecule has 0 spiro atoms. The Bertz CT molecular complexity index is 310. The van der Waals surface area contributed by atoms with E-state index in [2.05, 4.69) is 5.32 Å². The van der Waals surface area contributed by atoms with Crippen molar-refractivity contribution >= 4 is 17.7 Å².